The molecule has 2 heterocycles. The van der Waals surface area contributed by atoms with Crippen LogP contribution in [-0.2, 0) is 4.79 Å². The van der Waals surface area contributed by atoms with E-state index in [1.165, 1.54) is 15.8 Å². The average molecular weight is 409 g/mol. The van der Waals surface area contributed by atoms with Crippen molar-refractivity contribution in [3.63, 3.8) is 0 Å². The number of hydrogen-bond donors (Lipinski definition) is 0. The molecule has 1 aromatic heterocycles. The largest absolute Gasteiger partial charge is 0.467 e. The fraction of sp³-hybridized carbons (Fsp3) is 0.417. The number of carbonyl (C=O) groups excluding carboxylic acids is 1. The maximum absolute atomic E-state index is 13.1. The maximum Gasteiger partial charge on any atom is 0.274 e. The van der Waals surface area contributed by atoms with Crippen LogP contribution in [0.1, 0.15) is 48.8 Å². The summed E-state index contributed by atoms with van der Waals surface area (Å²) in [5.41, 5.74) is 4.58. The normalized spacial score (nSPS) is 16.2. The van der Waals surface area contributed by atoms with Gasteiger partial charge in [-0.05, 0) is 37.0 Å². The highest BCUT2D eigenvalue weighted by Crippen LogP contribution is 2.34. The Morgan fingerprint density at radius 1 is 1.14 bits per heavy atom. The van der Waals surface area contributed by atoms with E-state index in [-0.39, 0.29) is 17.9 Å². The van der Waals surface area contributed by atoms with Gasteiger partial charge in [0.1, 0.15) is 6.10 Å². The monoisotopic (exact) mass is 408 g/mol. The molecule has 152 valence electrons. The van der Waals surface area contributed by atoms with Crippen LogP contribution in [0, 0.1) is 13.8 Å². The van der Waals surface area contributed by atoms with Crippen molar-refractivity contribution in [2.24, 2.45) is 0 Å². The molecule has 1 atom stereocenters. The molecule has 0 N–H and O–H groups in total. The second-order valence-corrected chi connectivity index (χ2v) is 8.83. The zero-order valence-electron chi connectivity index (χ0n) is 17.4. The summed E-state index contributed by atoms with van der Waals surface area (Å²) in [7, 11) is 0. The van der Waals surface area contributed by atoms with E-state index in [0.29, 0.717) is 0 Å². The number of nitrogens with zero attached hydrogens (tertiary/aromatic N) is 2. The molecule has 1 saturated heterocycles. The minimum Gasteiger partial charge on any atom is -0.467 e. The number of piperidine rings is 1. The number of rotatable bonds is 5. The number of aryl methyl sites for hydroxylation is 2. The van der Waals surface area contributed by atoms with Crippen LogP contribution in [0.25, 0.3) is 10.2 Å². The topological polar surface area (TPSA) is 42.4 Å². The molecule has 3 aromatic rings. The highest BCUT2D eigenvalue weighted by molar-refractivity contribution is 7.20. The van der Waals surface area contributed by atoms with Crippen LogP contribution in [0.15, 0.2) is 42.5 Å². The number of amides is 1. The van der Waals surface area contributed by atoms with E-state index in [9.17, 15) is 4.79 Å². The fourth-order valence-corrected chi connectivity index (χ4v) is 5.11. The lowest BCUT2D eigenvalue weighted by Gasteiger charge is -2.33. The van der Waals surface area contributed by atoms with E-state index in [1.807, 2.05) is 23.1 Å². The smallest absolute Gasteiger partial charge is 0.274 e. The molecule has 29 heavy (non-hydrogen) atoms. The van der Waals surface area contributed by atoms with Crippen molar-refractivity contribution >= 4 is 27.5 Å². The van der Waals surface area contributed by atoms with Crippen molar-refractivity contribution in [2.75, 3.05) is 13.1 Å². The lowest BCUT2D eigenvalue weighted by atomic mass is 9.94. The summed E-state index contributed by atoms with van der Waals surface area (Å²) in [6, 6.07) is 14.4. The van der Waals surface area contributed by atoms with E-state index in [0.717, 1.165) is 48.6 Å². The molecular weight excluding hydrogens is 380 g/mol. The van der Waals surface area contributed by atoms with Crippen molar-refractivity contribution < 1.29 is 9.53 Å². The SMILES string of the molecule is CCC(C(=O)N1CCC(Oc2nc3c(C)ccc(C)c3s2)CC1)c1ccccc1. The third-order valence-corrected chi connectivity index (χ3v) is 6.93. The summed E-state index contributed by atoms with van der Waals surface area (Å²) >= 11 is 1.63. The Morgan fingerprint density at radius 3 is 2.48 bits per heavy atom. The molecule has 0 aliphatic carbocycles. The average Bonchev–Trinajstić information content (AvgIpc) is 3.18. The molecule has 4 nitrogen and oxygen atoms in total. The highest BCUT2D eigenvalue weighted by Gasteiger charge is 2.29. The summed E-state index contributed by atoms with van der Waals surface area (Å²) in [6.07, 6.45) is 2.65. The molecule has 1 fully saturated rings. The minimum absolute atomic E-state index is 0.0520. The minimum atomic E-state index is -0.0520. The number of fused-ring (bicyclic) bond motifs is 1. The molecule has 1 aliphatic heterocycles. The van der Waals surface area contributed by atoms with Crippen LogP contribution in [-0.4, -0.2) is 35.0 Å². The Bertz CT molecular complexity index is 952. The van der Waals surface area contributed by atoms with Gasteiger partial charge in [0.15, 0.2) is 0 Å². The Labute approximate surface area is 176 Å². The number of likely N-dealkylation sites (tertiary alicyclic amines) is 1. The number of hydrogen-bond acceptors (Lipinski definition) is 4. The zero-order chi connectivity index (χ0) is 20.4. The second kappa shape index (κ2) is 8.54. The third-order valence-electron chi connectivity index (χ3n) is 5.85. The quantitative estimate of drug-likeness (QED) is 0.562. The van der Waals surface area contributed by atoms with Gasteiger partial charge in [0.05, 0.1) is 16.1 Å². The molecule has 5 heteroatoms. The number of aromatic nitrogens is 1. The summed E-state index contributed by atoms with van der Waals surface area (Å²) in [4.78, 5) is 19.8. The number of carbonyl (C=O) groups is 1. The molecule has 0 spiro atoms. The number of ether oxygens (including phenoxy) is 1. The van der Waals surface area contributed by atoms with E-state index >= 15 is 0 Å². The van der Waals surface area contributed by atoms with Gasteiger partial charge < -0.3 is 9.64 Å². The van der Waals surface area contributed by atoms with Gasteiger partial charge in [-0.3, -0.25) is 4.79 Å². The zero-order valence-corrected chi connectivity index (χ0v) is 18.2. The molecule has 2 aromatic carbocycles. The summed E-state index contributed by atoms with van der Waals surface area (Å²) in [6.45, 7) is 7.78. The summed E-state index contributed by atoms with van der Waals surface area (Å²) < 4.78 is 7.43. The van der Waals surface area contributed by atoms with Gasteiger partial charge in [-0.15, -0.1) is 0 Å². The third kappa shape index (κ3) is 4.15. The van der Waals surface area contributed by atoms with Crippen LogP contribution in [0.3, 0.4) is 0 Å². The van der Waals surface area contributed by atoms with Crippen LogP contribution >= 0.6 is 11.3 Å². The Kier molecular flexibility index (Phi) is 5.86. The first-order valence-corrected chi connectivity index (χ1v) is 11.3. The molecular formula is C24H28N2O2S. The van der Waals surface area contributed by atoms with Gasteiger partial charge in [-0.1, -0.05) is 60.7 Å². The van der Waals surface area contributed by atoms with Crippen LogP contribution < -0.4 is 4.74 Å². The molecule has 1 amide bonds. The van der Waals surface area contributed by atoms with E-state index in [1.54, 1.807) is 11.3 Å². The van der Waals surface area contributed by atoms with Crippen molar-refractivity contribution in [3.8, 4) is 5.19 Å². The molecule has 4 rings (SSSR count). The van der Waals surface area contributed by atoms with Gasteiger partial charge in [-0.2, -0.15) is 0 Å². The Morgan fingerprint density at radius 2 is 1.83 bits per heavy atom. The first kappa shape index (κ1) is 19.9. The van der Waals surface area contributed by atoms with E-state index in [4.69, 9.17) is 9.72 Å². The lowest BCUT2D eigenvalue weighted by Crippen LogP contribution is -2.43. The van der Waals surface area contributed by atoms with E-state index < -0.39 is 0 Å². The predicted octanol–water partition coefficient (Wildman–Crippen LogP) is 5.48. The first-order chi connectivity index (χ1) is 14.1. The lowest BCUT2D eigenvalue weighted by molar-refractivity contribution is -0.134. The Balaban J connectivity index is 1.39. The van der Waals surface area contributed by atoms with Gasteiger partial charge in [0.2, 0.25) is 5.91 Å². The van der Waals surface area contributed by atoms with Gasteiger partial charge in [-0.25, -0.2) is 4.98 Å². The first-order valence-electron chi connectivity index (χ1n) is 10.4. The molecule has 0 bridgehead atoms. The van der Waals surface area contributed by atoms with Gasteiger partial charge >= 0.3 is 0 Å². The number of thiazole rings is 1. The van der Waals surface area contributed by atoms with Crippen LogP contribution in [0.5, 0.6) is 5.19 Å². The summed E-state index contributed by atoms with van der Waals surface area (Å²) in [5, 5.41) is 0.748. The van der Waals surface area contributed by atoms with Crippen molar-refractivity contribution in [2.45, 2.75) is 52.1 Å². The van der Waals surface area contributed by atoms with Crippen molar-refractivity contribution in [3.05, 3.63) is 59.2 Å². The molecule has 0 saturated carbocycles. The van der Waals surface area contributed by atoms with Gasteiger partial charge in [0.25, 0.3) is 5.19 Å². The summed E-state index contributed by atoms with van der Waals surface area (Å²) in [5.74, 6) is 0.187. The Hall–Kier alpha value is -2.40. The molecule has 1 unspecified atom stereocenters. The van der Waals surface area contributed by atoms with Crippen LogP contribution in [0.2, 0.25) is 0 Å². The molecule has 0 radical (unpaired) electrons. The number of benzene rings is 2. The maximum atomic E-state index is 13.1. The second-order valence-electron chi connectivity index (χ2n) is 7.87. The van der Waals surface area contributed by atoms with Crippen molar-refractivity contribution in [1.29, 1.82) is 0 Å². The fourth-order valence-electron chi connectivity index (χ4n) is 4.09. The highest BCUT2D eigenvalue weighted by atomic mass is 32.1. The van der Waals surface area contributed by atoms with Gasteiger partial charge in [0, 0.05) is 25.9 Å². The predicted molar refractivity (Wildman–Crippen MR) is 119 cm³/mol. The van der Waals surface area contributed by atoms with Crippen LogP contribution in [0.4, 0.5) is 0 Å². The van der Waals surface area contributed by atoms with Crippen molar-refractivity contribution in [1.82, 2.24) is 9.88 Å². The van der Waals surface area contributed by atoms with E-state index in [2.05, 4.69) is 45.0 Å². The standard InChI is InChI=1S/C24H28N2O2S/c1-4-20(18-8-6-5-7-9-18)23(27)26-14-12-19(13-15-26)28-24-25-21-16(2)10-11-17(3)22(21)29-24/h5-11,19-20H,4,12-15H2,1-3H3. The molecule has 1 aliphatic rings.